The summed E-state index contributed by atoms with van der Waals surface area (Å²) in [6, 6.07) is 60.0. The molecule has 0 amide bonds. The predicted octanol–water partition coefficient (Wildman–Crippen LogP) is 16.8. The first-order chi connectivity index (χ1) is 31.5. The van der Waals surface area contributed by atoms with E-state index in [1.54, 1.807) is 0 Å². The minimum Gasteiger partial charge on any atom is -0.507 e. The average Bonchev–Trinajstić information content (AvgIpc) is 3.71. The van der Waals surface area contributed by atoms with Gasteiger partial charge in [-0.05, 0) is 103 Å². The van der Waals surface area contributed by atoms with Crippen LogP contribution in [0.1, 0.15) is 103 Å². The van der Waals surface area contributed by atoms with Crippen LogP contribution in [0, 0.1) is 6.07 Å². The summed E-state index contributed by atoms with van der Waals surface area (Å²) < 4.78 is 2.29. The Bertz CT molecular complexity index is 3200. The van der Waals surface area contributed by atoms with Gasteiger partial charge >= 0.3 is 0 Å². The molecule has 9 aromatic rings. The molecule has 0 aliphatic rings. The van der Waals surface area contributed by atoms with Crippen molar-refractivity contribution in [3.8, 4) is 78.6 Å². The van der Waals surface area contributed by atoms with Crippen molar-refractivity contribution in [1.82, 2.24) is 14.5 Å². The van der Waals surface area contributed by atoms with Crippen molar-refractivity contribution < 1.29 is 26.2 Å². The fraction of sp³-hybridized carbons (Fsp3) is 0.226. The number of imidazole rings is 1. The number of benzene rings is 7. The van der Waals surface area contributed by atoms with Crippen molar-refractivity contribution in [2.45, 2.75) is 91.9 Å². The molecule has 0 spiro atoms. The molecule has 0 radical (unpaired) electrons. The Kier molecular flexibility index (Phi) is 13.2. The van der Waals surface area contributed by atoms with Gasteiger partial charge in [0.2, 0.25) is 0 Å². The van der Waals surface area contributed by atoms with E-state index < -0.39 is 0 Å². The van der Waals surface area contributed by atoms with Gasteiger partial charge in [-0.25, -0.2) is 4.98 Å². The largest absolute Gasteiger partial charge is 0.507 e. The Morgan fingerprint density at radius 3 is 1.73 bits per heavy atom. The van der Waals surface area contributed by atoms with E-state index in [2.05, 4.69) is 232 Å². The molecule has 0 aliphatic carbocycles. The van der Waals surface area contributed by atoms with Gasteiger partial charge in [0, 0.05) is 33.0 Å². The van der Waals surface area contributed by atoms with Gasteiger partial charge in [0.1, 0.15) is 11.6 Å². The van der Waals surface area contributed by atoms with E-state index in [0.717, 1.165) is 66.9 Å². The molecule has 5 heteroatoms. The third kappa shape index (κ3) is 9.47. The van der Waals surface area contributed by atoms with Crippen molar-refractivity contribution in [3.05, 3.63) is 192 Å². The molecule has 2 heterocycles. The number of aromatic hydroxyl groups is 1. The van der Waals surface area contributed by atoms with Crippen molar-refractivity contribution >= 4 is 11.0 Å². The molecule has 9 rings (SSSR count). The number of pyridine rings is 1. The van der Waals surface area contributed by atoms with Gasteiger partial charge in [-0.3, -0.25) is 9.55 Å². The summed E-state index contributed by atoms with van der Waals surface area (Å²) in [5.74, 6) is 1.34. The SMILES string of the molecule is CC(C)c1cc(-c2nc3c(-c4[c-]c(-c5cc(-c6ccc(-c7ccccc7)cc6)ccn5)cc(C(C)(C)C)c4)cccc3n2-c2ccc(-c3ccccc3)cc2C(C)(C)C)c(O)c(C(C)C)c1.[Pt]. The van der Waals surface area contributed by atoms with Gasteiger partial charge in [-0.15, -0.1) is 29.3 Å². The maximum Gasteiger partial charge on any atom is 0.148 e. The summed E-state index contributed by atoms with van der Waals surface area (Å²) in [4.78, 5) is 10.6. The molecule has 2 aromatic heterocycles. The minimum atomic E-state index is -0.230. The molecule has 340 valence electrons. The van der Waals surface area contributed by atoms with Gasteiger partial charge in [0.15, 0.2) is 0 Å². The smallest absolute Gasteiger partial charge is 0.148 e. The monoisotopic (exact) mass is 1060 g/mol. The van der Waals surface area contributed by atoms with E-state index in [-0.39, 0.29) is 49.5 Å². The average molecular weight is 1060 g/mol. The molecular formula is C62H60N3OPt-. The maximum absolute atomic E-state index is 12.3. The number of hydrogen-bond donors (Lipinski definition) is 1. The number of nitrogens with zero attached hydrogens (tertiary/aromatic N) is 3. The van der Waals surface area contributed by atoms with Crippen LogP contribution in [0.3, 0.4) is 0 Å². The summed E-state index contributed by atoms with van der Waals surface area (Å²) in [5, 5.41) is 12.3. The molecule has 0 saturated heterocycles. The molecule has 67 heavy (non-hydrogen) atoms. The first kappa shape index (κ1) is 47.2. The number of phenolic OH excluding ortho intramolecular Hbond substituents is 1. The molecule has 1 N–H and O–H groups in total. The maximum atomic E-state index is 12.3. The van der Waals surface area contributed by atoms with Crippen LogP contribution in [0.4, 0.5) is 0 Å². The third-order valence-corrected chi connectivity index (χ3v) is 12.9. The van der Waals surface area contributed by atoms with Crippen LogP contribution in [0.2, 0.25) is 0 Å². The first-order valence-corrected chi connectivity index (χ1v) is 23.3. The predicted molar refractivity (Wildman–Crippen MR) is 278 cm³/mol. The van der Waals surface area contributed by atoms with Crippen molar-refractivity contribution in [1.29, 1.82) is 0 Å². The Labute approximate surface area is 412 Å². The van der Waals surface area contributed by atoms with Crippen LogP contribution in [-0.4, -0.2) is 19.6 Å². The molecule has 0 aliphatic heterocycles. The molecular weight excluding hydrogens is 998 g/mol. The van der Waals surface area contributed by atoms with Crippen LogP contribution in [-0.2, 0) is 31.9 Å². The summed E-state index contributed by atoms with van der Waals surface area (Å²) in [6.45, 7) is 22.3. The second kappa shape index (κ2) is 18.7. The standard InChI is InChI=1S/C62H60N3O.Pt/c1-39(2)47-35-52(40(3)4)59(66)53(36-47)60-64-58-51(22-17-23-57(58)65(60)56-29-28-45(37-54(56)62(8,9)10)42-20-15-12-16-21-42)48-32-49(34-50(33-48)61(5,6)7)55-38-46(30-31-63-55)44-26-24-43(25-27-44)41-18-13-11-14-19-41;/h11-31,33-40,66H,1-10H3;/q-1;. The molecule has 0 bridgehead atoms. The van der Waals surface area contributed by atoms with Crippen molar-refractivity contribution in [2.75, 3.05) is 0 Å². The number of fused-ring (bicyclic) bond motifs is 1. The Balaban J connectivity index is 0.00000608. The fourth-order valence-electron chi connectivity index (χ4n) is 9.04. The van der Waals surface area contributed by atoms with Crippen molar-refractivity contribution in [2.24, 2.45) is 0 Å². The van der Waals surface area contributed by atoms with E-state index in [4.69, 9.17) is 9.97 Å². The van der Waals surface area contributed by atoms with Gasteiger partial charge in [0.05, 0.1) is 22.3 Å². The van der Waals surface area contributed by atoms with Gasteiger partial charge in [-0.2, -0.15) is 0 Å². The van der Waals surface area contributed by atoms with E-state index in [9.17, 15) is 5.11 Å². The zero-order valence-electron chi connectivity index (χ0n) is 40.3. The second-order valence-electron chi connectivity index (χ2n) is 20.4. The van der Waals surface area contributed by atoms with E-state index in [0.29, 0.717) is 5.82 Å². The topological polar surface area (TPSA) is 50.9 Å². The normalized spacial score (nSPS) is 11.9. The van der Waals surface area contributed by atoms with Crippen LogP contribution >= 0.6 is 0 Å². The fourth-order valence-corrected chi connectivity index (χ4v) is 9.04. The molecule has 0 atom stereocenters. The molecule has 7 aromatic carbocycles. The Morgan fingerprint density at radius 2 is 1.12 bits per heavy atom. The summed E-state index contributed by atoms with van der Waals surface area (Å²) in [5.41, 5.74) is 18.2. The molecule has 0 saturated carbocycles. The number of hydrogen-bond acceptors (Lipinski definition) is 3. The zero-order chi connectivity index (χ0) is 46.5. The van der Waals surface area contributed by atoms with Gasteiger partial charge in [-0.1, -0.05) is 196 Å². The summed E-state index contributed by atoms with van der Waals surface area (Å²) >= 11 is 0. The van der Waals surface area contributed by atoms with Crippen LogP contribution in [0.15, 0.2) is 164 Å². The summed E-state index contributed by atoms with van der Waals surface area (Å²) in [7, 11) is 0. The third-order valence-electron chi connectivity index (χ3n) is 12.9. The number of phenols is 1. The molecule has 0 fully saturated rings. The van der Waals surface area contributed by atoms with Crippen LogP contribution in [0.25, 0.3) is 83.9 Å². The van der Waals surface area contributed by atoms with Crippen LogP contribution < -0.4 is 0 Å². The van der Waals surface area contributed by atoms with Crippen molar-refractivity contribution in [3.63, 3.8) is 0 Å². The first-order valence-electron chi connectivity index (χ1n) is 23.3. The minimum absolute atomic E-state index is 0. The van der Waals surface area contributed by atoms with E-state index in [1.807, 2.05) is 12.3 Å². The Hall–Kier alpha value is -6.35. The van der Waals surface area contributed by atoms with Gasteiger partial charge < -0.3 is 5.11 Å². The second-order valence-corrected chi connectivity index (χ2v) is 20.4. The van der Waals surface area contributed by atoms with Gasteiger partial charge in [0.25, 0.3) is 0 Å². The molecule has 4 nitrogen and oxygen atoms in total. The number of para-hydroxylation sites is 1. The van der Waals surface area contributed by atoms with Crippen LogP contribution in [0.5, 0.6) is 5.75 Å². The number of rotatable bonds is 9. The molecule has 0 unspecified atom stereocenters. The number of aromatic nitrogens is 3. The quantitative estimate of drug-likeness (QED) is 0.147. The summed E-state index contributed by atoms with van der Waals surface area (Å²) in [6.07, 6.45) is 1.90. The van der Waals surface area contributed by atoms with E-state index in [1.165, 1.54) is 33.4 Å². The van der Waals surface area contributed by atoms with E-state index >= 15 is 0 Å². The Morgan fingerprint density at radius 1 is 0.537 bits per heavy atom. The zero-order valence-corrected chi connectivity index (χ0v) is 42.6.